The number of nitrogens with zero attached hydrogens (tertiary/aromatic N) is 1. The van der Waals surface area contributed by atoms with Crippen molar-refractivity contribution in [1.29, 1.82) is 0 Å². The van der Waals surface area contributed by atoms with E-state index >= 15 is 0 Å². The summed E-state index contributed by atoms with van der Waals surface area (Å²) in [5.41, 5.74) is 6.82. The fourth-order valence-corrected chi connectivity index (χ4v) is 6.53. The molecule has 5 heteroatoms. The van der Waals surface area contributed by atoms with Gasteiger partial charge in [-0.2, -0.15) is 0 Å². The molecule has 0 bridgehead atoms. The maximum absolute atomic E-state index is 13.2. The van der Waals surface area contributed by atoms with Gasteiger partial charge in [0.25, 0.3) is 0 Å². The second kappa shape index (κ2) is 10.6. The van der Waals surface area contributed by atoms with Gasteiger partial charge >= 0.3 is 5.97 Å². The zero-order chi connectivity index (χ0) is 25.3. The Morgan fingerprint density at radius 3 is 1.71 bits per heavy atom. The van der Waals surface area contributed by atoms with Crippen LogP contribution in [0, 0.1) is 33.6 Å². The van der Waals surface area contributed by atoms with Crippen molar-refractivity contribution in [1.82, 2.24) is 4.90 Å². The lowest BCUT2D eigenvalue weighted by atomic mass is 9.85. The van der Waals surface area contributed by atoms with E-state index in [0.717, 1.165) is 33.8 Å². The Kier molecular flexibility index (Phi) is 7.75. The third kappa shape index (κ3) is 4.93. The molecule has 1 saturated heterocycles. The number of ether oxygens (including phenoxy) is 3. The number of esters is 1. The highest BCUT2D eigenvalue weighted by Gasteiger charge is 2.60. The molecule has 1 aliphatic heterocycles. The molecule has 35 heavy (non-hydrogen) atoms. The SMILES string of the molecule is CCOC(=O)[C@H]1[C@@H](C2CCCCC2)N1C(c1cc(C)c(OC)c(C)c1)c1cc(C)c(OC)c(C)c1. The van der Waals surface area contributed by atoms with Crippen molar-refractivity contribution in [2.45, 2.75) is 84.8 Å². The molecule has 0 aromatic heterocycles. The summed E-state index contributed by atoms with van der Waals surface area (Å²) in [4.78, 5) is 15.6. The van der Waals surface area contributed by atoms with E-state index in [9.17, 15) is 4.79 Å². The molecule has 1 saturated carbocycles. The Hall–Kier alpha value is -2.53. The lowest BCUT2D eigenvalue weighted by Crippen LogP contribution is -2.21. The van der Waals surface area contributed by atoms with Crippen molar-refractivity contribution in [3.63, 3.8) is 0 Å². The fraction of sp³-hybridized carbons (Fsp3) is 0.567. The van der Waals surface area contributed by atoms with E-state index in [1.807, 2.05) is 6.92 Å². The van der Waals surface area contributed by atoms with Gasteiger partial charge in [0.05, 0.1) is 26.9 Å². The molecule has 0 radical (unpaired) electrons. The molecule has 2 fully saturated rings. The summed E-state index contributed by atoms with van der Waals surface area (Å²) >= 11 is 0. The first-order chi connectivity index (χ1) is 16.8. The van der Waals surface area contributed by atoms with Gasteiger partial charge in [0, 0.05) is 6.04 Å². The monoisotopic (exact) mass is 479 g/mol. The van der Waals surface area contributed by atoms with Crippen LogP contribution in [0.5, 0.6) is 11.5 Å². The van der Waals surface area contributed by atoms with Crippen molar-refractivity contribution < 1.29 is 19.0 Å². The summed E-state index contributed by atoms with van der Waals surface area (Å²) in [6, 6.07) is 8.88. The Balaban J connectivity index is 1.84. The maximum Gasteiger partial charge on any atom is 0.325 e. The molecule has 2 aromatic rings. The Labute approximate surface area is 210 Å². The molecule has 1 unspecified atom stereocenters. The van der Waals surface area contributed by atoms with Crippen LogP contribution >= 0.6 is 0 Å². The first-order valence-corrected chi connectivity index (χ1v) is 13.1. The van der Waals surface area contributed by atoms with Gasteiger partial charge in [0.1, 0.15) is 17.5 Å². The van der Waals surface area contributed by atoms with Crippen LogP contribution in [0.4, 0.5) is 0 Å². The maximum atomic E-state index is 13.2. The topological polar surface area (TPSA) is 47.8 Å². The number of aryl methyl sites for hydroxylation is 4. The Morgan fingerprint density at radius 1 is 0.857 bits per heavy atom. The van der Waals surface area contributed by atoms with Gasteiger partial charge in [-0.15, -0.1) is 0 Å². The lowest BCUT2D eigenvalue weighted by Gasteiger charge is -2.27. The molecule has 1 aliphatic carbocycles. The number of hydrogen-bond donors (Lipinski definition) is 0. The van der Waals surface area contributed by atoms with E-state index in [0.29, 0.717) is 12.5 Å². The van der Waals surface area contributed by atoms with E-state index in [4.69, 9.17) is 14.2 Å². The lowest BCUT2D eigenvalue weighted by molar-refractivity contribution is -0.143. The third-order valence-corrected chi connectivity index (χ3v) is 7.86. The van der Waals surface area contributed by atoms with Crippen LogP contribution < -0.4 is 9.47 Å². The van der Waals surface area contributed by atoms with Crippen LogP contribution in [0.15, 0.2) is 24.3 Å². The van der Waals surface area contributed by atoms with E-state index in [-0.39, 0.29) is 24.1 Å². The van der Waals surface area contributed by atoms with Crippen molar-refractivity contribution >= 4 is 5.97 Å². The molecular weight excluding hydrogens is 438 g/mol. The van der Waals surface area contributed by atoms with Crippen molar-refractivity contribution in [2.24, 2.45) is 5.92 Å². The largest absolute Gasteiger partial charge is 0.496 e. The van der Waals surface area contributed by atoms with Crippen LogP contribution in [0.2, 0.25) is 0 Å². The molecule has 0 N–H and O–H groups in total. The summed E-state index contributed by atoms with van der Waals surface area (Å²) in [6.07, 6.45) is 6.16. The molecule has 2 aliphatic rings. The van der Waals surface area contributed by atoms with Crippen molar-refractivity contribution in [3.05, 3.63) is 57.6 Å². The third-order valence-electron chi connectivity index (χ3n) is 7.86. The fourth-order valence-electron chi connectivity index (χ4n) is 6.53. The van der Waals surface area contributed by atoms with Crippen LogP contribution in [0.3, 0.4) is 0 Å². The van der Waals surface area contributed by atoms with Crippen molar-refractivity contribution in [3.8, 4) is 11.5 Å². The molecule has 5 nitrogen and oxygen atoms in total. The number of methoxy groups -OCH3 is 2. The second-order valence-electron chi connectivity index (χ2n) is 10.3. The van der Waals surface area contributed by atoms with Gasteiger partial charge < -0.3 is 14.2 Å². The quantitative estimate of drug-likeness (QED) is 0.332. The van der Waals surface area contributed by atoms with E-state index in [1.54, 1.807) is 14.2 Å². The number of carbonyl (C=O) groups excluding carboxylic acids is 1. The highest BCUT2D eigenvalue weighted by atomic mass is 16.5. The number of benzene rings is 2. The van der Waals surface area contributed by atoms with Gasteiger partial charge in [-0.05, 0) is 86.8 Å². The normalized spacial score (nSPS) is 22.2. The zero-order valence-corrected chi connectivity index (χ0v) is 22.4. The minimum atomic E-state index is -0.200. The van der Waals surface area contributed by atoms with Crippen LogP contribution in [0.1, 0.15) is 78.5 Å². The summed E-state index contributed by atoms with van der Waals surface area (Å²) in [6.45, 7) is 10.7. The average Bonchev–Trinajstić information content (AvgIpc) is 3.55. The van der Waals surface area contributed by atoms with Gasteiger partial charge in [-0.1, -0.05) is 43.5 Å². The molecule has 0 amide bonds. The first-order valence-electron chi connectivity index (χ1n) is 13.1. The summed E-state index contributed by atoms with van der Waals surface area (Å²) in [5.74, 6) is 2.29. The van der Waals surface area contributed by atoms with E-state index in [1.165, 1.54) is 43.2 Å². The minimum absolute atomic E-state index is 0.0389. The van der Waals surface area contributed by atoms with Crippen LogP contribution in [0.25, 0.3) is 0 Å². The molecular formula is C30H41NO4. The van der Waals surface area contributed by atoms with Crippen LogP contribution in [-0.4, -0.2) is 43.8 Å². The molecule has 1 heterocycles. The highest BCUT2D eigenvalue weighted by Crippen LogP contribution is 2.50. The molecule has 3 atom stereocenters. The minimum Gasteiger partial charge on any atom is -0.496 e. The standard InChI is InChI=1S/C30H41NO4/c1-8-35-30(32)27-26(22-12-10-9-11-13-22)31(27)25(23-14-18(2)28(33-6)19(3)15-23)24-16-20(4)29(34-7)21(5)17-24/h14-17,22,25-27H,8-13H2,1-7H3/t26-,27-,31?/m1/s1. The highest BCUT2D eigenvalue weighted by molar-refractivity contribution is 5.81. The second-order valence-corrected chi connectivity index (χ2v) is 10.3. The zero-order valence-electron chi connectivity index (χ0n) is 22.4. The summed E-state index contributed by atoms with van der Waals surface area (Å²) < 4.78 is 16.9. The van der Waals surface area contributed by atoms with Gasteiger partial charge in [-0.3, -0.25) is 9.69 Å². The predicted molar refractivity (Wildman–Crippen MR) is 139 cm³/mol. The first kappa shape index (κ1) is 25.6. The van der Waals surface area contributed by atoms with E-state index in [2.05, 4.69) is 56.9 Å². The van der Waals surface area contributed by atoms with Gasteiger partial charge in [-0.25, -0.2) is 0 Å². The molecule has 2 aromatic carbocycles. The predicted octanol–water partition coefficient (Wildman–Crippen LogP) is 6.22. The van der Waals surface area contributed by atoms with Crippen molar-refractivity contribution in [2.75, 3.05) is 20.8 Å². The van der Waals surface area contributed by atoms with E-state index < -0.39 is 0 Å². The Morgan fingerprint density at radius 2 is 1.31 bits per heavy atom. The van der Waals surface area contributed by atoms with Crippen LogP contribution in [-0.2, 0) is 9.53 Å². The molecule has 190 valence electrons. The number of rotatable bonds is 8. The van der Waals surface area contributed by atoms with Gasteiger partial charge in [0.2, 0.25) is 0 Å². The molecule has 0 spiro atoms. The van der Waals surface area contributed by atoms with Gasteiger partial charge in [0.15, 0.2) is 0 Å². The summed E-state index contributed by atoms with van der Waals surface area (Å²) in [7, 11) is 3.45. The molecule has 4 rings (SSSR count). The average molecular weight is 480 g/mol. The number of hydrogen-bond acceptors (Lipinski definition) is 5. The number of carbonyl (C=O) groups is 1. The Bertz CT molecular complexity index is 967. The smallest absolute Gasteiger partial charge is 0.325 e. The summed E-state index contributed by atoms with van der Waals surface area (Å²) in [5, 5.41) is 0.